The largest absolute Gasteiger partial charge is 0.494 e. The normalized spacial score (nSPS) is 10.4. The van der Waals surface area contributed by atoms with Crippen molar-refractivity contribution in [2.24, 2.45) is 0 Å². The van der Waals surface area contributed by atoms with E-state index in [1.807, 2.05) is 0 Å². The van der Waals surface area contributed by atoms with E-state index in [1.54, 1.807) is 0 Å². The van der Waals surface area contributed by atoms with Crippen LogP contribution in [0.5, 0.6) is 5.75 Å². The number of rotatable bonds is 2. The van der Waals surface area contributed by atoms with Crippen molar-refractivity contribution in [2.45, 2.75) is 0 Å². The SMILES string of the molecule is COc1cc(Cl)cc(-c2cc(N)no2)c1F. The third-order valence-electron chi connectivity index (χ3n) is 2.02. The number of anilines is 1. The van der Waals surface area contributed by atoms with Gasteiger partial charge in [-0.15, -0.1) is 0 Å². The molecule has 0 saturated carbocycles. The standard InChI is InChI=1S/C10H8ClFN2O2/c1-15-8-3-5(11)2-6(10(8)12)7-4-9(13)14-16-7/h2-4H,1H3,(H2,13,14). The Balaban J connectivity index is 2.60. The monoisotopic (exact) mass is 242 g/mol. The number of halogens is 2. The minimum absolute atomic E-state index is 0.0393. The van der Waals surface area contributed by atoms with Crippen LogP contribution in [0.3, 0.4) is 0 Å². The number of nitrogen functional groups attached to an aromatic ring is 1. The number of nitrogens with zero attached hydrogens (tertiary/aromatic N) is 1. The molecule has 1 aromatic heterocycles. The summed E-state index contributed by atoms with van der Waals surface area (Å²) in [6.45, 7) is 0. The fraction of sp³-hybridized carbons (Fsp3) is 0.100. The number of benzene rings is 1. The minimum atomic E-state index is -0.567. The van der Waals surface area contributed by atoms with E-state index in [1.165, 1.54) is 25.3 Å². The minimum Gasteiger partial charge on any atom is -0.494 e. The van der Waals surface area contributed by atoms with Crippen LogP contribution in [0.4, 0.5) is 10.2 Å². The van der Waals surface area contributed by atoms with Gasteiger partial charge >= 0.3 is 0 Å². The molecule has 0 fully saturated rings. The van der Waals surface area contributed by atoms with Gasteiger partial charge in [0, 0.05) is 17.2 Å². The quantitative estimate of drug-likeness (QED) is 0.880. The average Bonchev–Trinajstić information content (AvgIpc) is 2.67. The van der Waals surface area contributed by atoms with E-state index in [4.69, 9.17) is 26.6 Å². The number of methoxy groups -OCH3 is 1. The van der Waals surface area contributed by atoms with Gasteiger partial charge < -0.3 is 15.0 Å². The van der Waals surface area contributed by atoms with Crippen LogP contribution >= 0.6 is 11.6 Å². The molecule has 6 heteroatoms. The zero-order chi connectivity index (χ0) is 11.7. The zero-order valence-corrected chi connectivity index (χ0v) is 9.08. The van der Waals surface area contributed by atoms with Gasteiger partial charge in [0.15, 0.2) is 23.1 Å². The van der Waals surface area contributed by atoms with Gasteiger partial charge in [-0.2, -0.15) is 0 Å². The molecule has 0 aliphatic rings. The van der Waals surface area contributed by atoms with Gasteiger partial charge in [0.2, 0.25) is 0 Å². The molecule has 0 bridgehead atoms. The van der Waals surface area contributed by atoms with Crippen LogP contribution in [-0.2, 0) is 0 Å². The molecule has 16 heavy (non-hydrogen) atoms. The number of nitrogens with two attached hydrogens (primary N) is 1. The van der Waals surface area contributed by atoms with Crippen LogP contribution in [0.2, 0.25) is 5.02 Å². The van der Waals surface area contributed by atoms with Crippen LogP contribution in [0.15, 0.2) is 22.7 Å². The Morgan fingerprint density at radius 3 is 2.75 bits per heavy atom. The second-order valence-corrected chi connectivity index (χ2v) is 3.52. The molecule has 4 nitrogen and oxygen atoms in total. The number of hydrogen-bond donors (Lipinski definition) is 1. The molecule has 0 radical (unpaired) electrons. The third-order valence-corrected chi connectivity index (χ3v) is 2.24. The van der Waals surface area contributed by atoms with Crippen molar-refractivity contribution in [2.75, 3.05) is 12.8 Å². The summed E-state index contributed by atoms with van der Waals surface area (Å²) in [5.74, 6) is -0.148. The lowest BCUT2D eigenvalue weighted by molar-refractivity contribution is 0.385. The Morgan fingerprint density at radius 1 is 1.44 bits per heavy atom. The van der Waals surface area contributed by atoms with Gasteiger partial charge in [0.25, 0.3) is 0 Å². The summed E-state index contributed by atoms with van der Waals surface area (Å²) in [6.07, 6.45) is 0. The molecule has 0 spiro atoms. The van der Waals surface area contributed by atoms with Crippen LogP contribution in [0.25, 0.3) is 11.3 Å². The van der Waals surface area contributed by atoms with Crippen molar-refractivity contribution in [3.63, 3.8) is 0 Å². The summed E-state index contributed by atoms with van der Waals surface area (Å²) in [6, 6.07) is 4.20. The van der Waals surface area contributed by atoms with Crippen LogP contribution in [0, 0.1) is 5.82 Å². The lowest BCUT2D eigenvalue weighted by Gasteiger charge is -2.05. The van der Waals surface area contributed by atoms with E-state index in [0.29, 0.717) is 5.02 Å². The van der Waals surface area contributed by atoms with Crippen LogP contribution < -0.4 is 10.5 Å². The van der Waals surface area contributed by atoms with E-state index >= 15 is 0 Å². The van der Waals surface area contributed by atoms with Crippen LogP contribution in [-0.4, -0.2) is 12.3 Å². The van der Waals surface area contributed by atoms with Crippen molar-refractivity contribution in [3.8, 4) is 17.1 Å². The van der Waals surface area contributed by atoms with E-state index < -0.39 is 5.82 Å². The molecule has 84 valence electrons. The smallest absolute Gasteiger partial charge is 0.176 e. The molecule has 0 aliphatic heterocycles. The molecule has 2 aromatic rings. The van der Waals surface area contributed by atoms with Gasteiger partial charge in [0.1, 0.15) is 0 Å². The second-order valence-electron chi connectivity index (χ2n) is 3.09. The molecule has 2 N–H and O–H groups in total. The summed E-state index contributed by atoms with van der Waals surface area (Å²) in [7, 11) is 1.35. The molecule has 1 heterocycles. The van der Waals surface area contributed by atoms with Gasteiger partial charge in [-0.05, 0) is 6.07 Å². The highest BCUT2D eigenvalue weighted by molar-refractivity contribution is 6.31. The second kappa shape index (κ2) is 4.02. The predicted molar refractivity (Wildman–Crippen MR) is 57.9 cm³/mol. The highest BCUT2D eigenvalue weighted by Gasteiger charge is 2.16. The first-order valence-electron chi connectivity index (χ1n) is 4.37. The summed E-state index contributed by atoms with van der Waals surface area (Å²) < 4.78 is 23.5. The molecule has 0 amide bonds. The maximum Gasteiger partial charge on any atom is 0.176 e. The van der Waals surface area contributed by atoms with Gasteiger partial charge in [0.05, 0.1) is 12.7 Å². The number of aromatic nitrogens is 1. The molecular formula is C10H8ClFN2O2. The Morgan fingerprint density at radius 2 is 2.19 bits per heavy atom. The first-order chi connectivity index (χ1) is 7.61. The van der Waals surface area contributed by atoms with Crippen molar-refractivity contribution in [3.05, 3.63) is 29.0 Å². The number of ether oxygens (including phenoxy) is 1. The molecule has 0 atom stereocenters. The van der Waals surface area contributed by atoms with E-state index in [9.17, 15) is 4.39 Å². The topological polar surface area (TPSA) is 61.3 Å². The lowest BCUT2D eigenvalue weighted by atomic mass is 10.1. The highest BCUT2D eigenvalue weighted by atomic mass is 35.5. The summed E-state index contributed by atoms with van der Waals surface area (Å²) in [5, 5.41) is 3.81. The summed E-state index contributed by atoms with van der Waals surface area (Å²) in [4.78, 5) is 0. The van der Waals surface area contributed by atoms with Crippen molar-refractivity contribution in [1.29, 1.82) is 0 Å². The third kappa shape index (κ3) is 1.81. The zero-order valence-electron chi connectivity index (χ0n) is 8.33. The fourth-order valence-corrected chi connectivity index (χ4v) is 1.52. The fourth-order valence-electron chi connectivity index (χ4n) is 1.31. The number of hydrogen-bond acceptors (Lipinski definition) is 4. The first kappa shape index (κ1) is 10.8. The highest BCUT2D eigenvalue weighted by Crippen LogP contribution is 2.33. The molecule has 2 rings (SSSR count). The Labute approximate surface area is 95.7 Å². The van der Waals surface area contributed by atoms with Crippen molar-refractivity contribution in [1.82, 2.24) is 5.16 Å². The Bertz CT molecular complexity index is 528. The van der Waals surface area contributed by atoms with E-state index in [-0.39, 0.29) is 22.9 Å². The van der Waals surface area contributed by atoms with Gasteiger partial charge in [-0.25, -0.2) is 4.39 Å². The summed E-state index contributed by atoms with van der Waals surface area (Å²) >= 11 is 5.82. The van der Waals surface area contributed by atoms with E-state index in [2.05, 4.69) is 5.16 Å². The molecule has 0 saturated heterocycles. The molecule has 1 aromatic carbocycles. The molecular weight excluding hydrogens is 235 g/mol. The van der Waals surface area contributed by atoms with Crippen molar-refractivity contribution < 1.29 is 13.7 Å². The Kier molecular flexibility index (Phi) is 2.70. The van der Waals surface area contributed by atoms with Crippen molar-refractivity contribution >= 4 is 17.4 Å². The molecule has 0 unspecified atom stereocenters. The predicted octanol–water partition coefficient (Wildman–Crippen LogP) is 2.72. The first-order valence-corrected chi connectivity index (χ1v) is 4.75. The lowest BCUT2D eigenvalue weighted by Crippen LogP contribution is -1.91. The summed E-state index contributed by atoms with van der Waals surface area (Å²) in [5.41, 5.74) is 5.54. The molecule has 0 aliphatic carbocycles. The van der Waals surface area contributed by atoms with Gasteiger partial charge in [-0.1, -0.05) is 16.8 Å². The maximum atomic E-state index is 13.8. The average molecular weight is 243 g/mol. The Hall–Kier alpha value is -1.75. The maximum absolute atomic E-state index is 13.8. The van der Waals surface area contributed by atoms with Gasteiger partial charge in [-0.3, -0.25) is 0 Å². The van der Waals surface area contributed by atoms with Crippen LogP contribution in [0.1, 0.15) is 0 Å². The van der Waals surface area contributed by atoms with E-state index in [0.717, 1.165) is 0 Å².